The summed E-state index contributed by atoms with van der Waals surface area (Å²) in [5.74, 6) is 0.446. The van der Waals surface area contributed by atoms with E-state index in [4.69, 9.17) is 10.7 Å². The lowest BCUT2D eigenvalue weighted by atomic mass is 9.99. The summed E-state index contributed by atoms with van der Waals surface area (Å²) in [6, 6.07) is 6.71. The van der Waals surface area contributed by atoms with E-state index < -0.39 is 9.05 Å². The number of halogens is 1. The standard InChI is InChI=1S/C10H13ClO2S/c1-3-8(2)9-4-6-10(7-5-9)14(11,12)13/h4-8H,3H2,1-2H3. The van der Waals surface area contributed by atoms with E-state index in [1.54, 1.807) is 12.1 Å². The van der Waals surface area contributed by atoms with Crippen molar-refractivity contribution in [1.29, 1.82) is 0 Å². The molecule has 0 aliphatic carbocycles. The molecule has 0 fully saturated rings. The monoisotopic (exact) mass is 232 g/mol. The summed E-state index contributed by atoms with van der Waals surface area (Å²) in [6.07, 6.45) is 1.03. The number of benzene rings is 1. The molecule has 0 bridgehead atoms. The van der Waals surface area contributed by atoms with E-state index in [0.717, 1.165) is 12.0 Å². The lowest BCUT2D eigenvalue weighted by Gasteiger charge is -2.08. The predicted molar refractivity (Wildman–Crippen MR) is 58.2 cm³/mol. The van der Waals surface area contributed by atoms with Crippen molar-refractivity contribution in [1.82, 2.24) is 0 Å². The first-order valence-electron chi connectivity index (χ1n) is 4.49. The van der Waals surface area contributed by atoms with Crippen molar-refractivity contribution in [3.8, 4) is 0 Å². The zero-order chi connectivity index (χ0) is 10.8. The molecule has 1 aromatic rings. The highest BCUT2D eigenvalue weighted by atomic mass is 35.7. The van der Waals surface area contributed by atoms with Crippen LogP contribution in [0.15, 0.2) is 29.2 Å². The third-order valence-corrected chi connectivity index (χ3v) is 3.71. The molecular weight excluding hydrogens is 220 g/mol. The SMILES string of the molecule is CCC(C)c1ccc(S(=O)(=O)Cl)cc1. The van der Waals surface area contributed by atoms with Crippen LogP contribution in [-0.2, 0) is 9.05 Å². The fourth-order valence-electron chi connectivity index (χ4n) is 1.19. The van der Waals surface area contributed by atoms with Gasteiger partial charge in [0.15, 0.2) is 0 Å². The highest BCUT2D eigenvalue weighted by Gasteiger charge is 2.10. The minimum atomic E-state index is -3.58. The predicted octanol–water partition coefficient (Wildman–Crippen LogP) is 3.13. The molecule has 2 nitrogen and oxygen atoms in total. The van der Waals surface area contributed by atoms with E-state index >= 15 is 0 Å². The summed E-state index contributed by atoms with van der Waals surface area (Å²) in [4.78, 5) is 0.159. The van der Waals surface area contributed by atoms with Crippen LogP contribution in [0.5, 0.6) is 0 Å². The quantitative estimate of drug-likeness (QED) is 0.751. The van der Waals surface area contributed by atoms with Crippen molar-refractivity contribution in [2.75, 3.05) is 0 Å². The zero-order valence-corrected chi connectivity index (χ0v) is 9.77. The molecule has 4 heteroatoms. The number of hydrogen-bond acceptors (Lipinski definition) is 2. The zero-order valence-electron chi connectivity index (χ0n) is 8.20. The van der Waals surface area contributed by atoms with Gasteiger partial charge < -0.3 is 0 Å². The maximum atomic E-state index is 10.9. The van der Waals surface area contributed by atoms with Crippen LogP contribution in [0.2, 0.25) is 0 Å². The second kappa shape index (κ2) is 4.32. The van der Waals surface area contributed by atoms with Gasteiger partial charge in [-0.1, -0.05) is 26.0 Å². The molecule has 0 aromatic heterocycles. The summed E-state index contributed by atoms with van der Waals surface area (Å²) >= 11 is 0. The van der Waals surface area contributed by atoms with E-state index in [1.165, 1.54) is 0 Å². The normalized spacial score (nSPS) is 13.9. The largest absolute Gasteiger partial charge is 0.261 e. The minimum Gasteiger partial charge on any atom is -0.207 e. The van der Waals surface area contributed by atoms with E-state index in [2.05, 4.69) is 13.8 Å². The Morgan fingerprint density at radius 1 is 1.29 bits per heavy atom. The van der Waals surface area contributed by atoms with Crippen LogP contribution < -0.4 is 0 Å². The molecule has 0 aliphatic heterocycles. The van der Waals surface area contributed by atoms with Gasteiger partial charge in [-0.05, 0) is 30.0 Å². The molecule has 0 heterocycles. The van der Waals surface area contributed by atoms with Gasteiger partial charge in [-0.2, -0.15) is 0 Å². The second-order valence-corrected chi connectivity index (χ2v) is 5.88. The Morgan fingerprint density at radius 3 is 2.14 bits per heavy atom. The molecule has 0 amide bonds. The second-order valence-electron chi connectivity index (χ2n) is 3.32. The molecule has 0 spiro atoms. The molecule has 0 radical (unpaired) electrons. The average molecular weight is 233 g/mol. The number of rotatable bonds is 3. The summed E-state index contributed by atoms with van der Waals surface area (Å²) in [7, 11) is 1.62. The van der Waals surface area contributed by atoms with Crippen LogP contribution >= 0.6 is 10.7 Å². The van der Waals surface area contributed by atoms with E-state index in [1.807, 2.05) is 12.1 Å². The Morgan fingerprint density at radius 2 is 1.79 bits per heavy atom. The average Bonchev–Trinajstić information content (AvgIpc) is 2.15. The fourth-order valence-corrected chi connectivity index (χ4v) is 1.96. The molecule has 14 heavy (non-hydrogen) atoms. The van der Waals surface area contributed by atoms with Gasteiger partial charge in [0, 0.05) is 10.7 Å². The first kappa shape index (κ1) is 11.5. The maximum absolute atomic E-state index is 10.9. The third kappa shape index (κ3) is 2.72. The van der Waals surface area contributed by atoms with Crippen molar-refractivity contribution >= 4 is 19.7 Å². The summed E-state index contributed by atoms with van der Waals surface area (Å²) in [6.45, 7) is 4.20. The molecule has 1 unspecified atom stereocenters. The van der Waals surface area contributed by atoms with Crippen molar-refractivity contribution < 1.29 is 8.42 Å². The highest BCUT2D eigenvalue weighted by Crippen LogP contribution is 2.21. The van der Waals surface area contributed by atoms with Crippen LogP contribution in [0, 0.1) is 0 Å². The van der Waals surface area contributed by atoms with Crippen LogP contribution in [0.1, 0.15) is 31.7 Å². The van der Waals surface area contributed by atoms with E-state index in [9.17, 15) is 8.42 Å². The summed E-state index contributed by atoms with van der Waals surface area (Å²) in [5.41, 5.74) is 1.14. The van der Waals surface area contributed by atoms with Gasteiger partial charge in [0.1, 0.15) is 0 Å². The van der Waals surface area contributed by atoms with Crippen molar-refractivity contribution in [2.24, 2.45) is 0 Å². The van der Waals surface area contributed by atoms with Gasteiger partial charge >= 0.3 is 0 Å². The smallest absolute Gasteiger partial charge is 0.207 e. The highest BCUT2D eigenvalue weighted by molar-refractivity contribution is 8.13. The van der Waals surface area contributed by atoms with Crippen molar-refractivity contribution in [3.63, 3.8) is 0 Å². The molecule has 0 aliphatic rings. The third-order valence-electron chi connectivity index (χ3n) is 2.34. The van der Waals surface area contributed by atoms with Crippen LogP contribution in [-0.4, -0.2) is 8.42 Å². The van der Waals surface area contributed by atoms with Crippen LogP contribution in [0.25, 0.3) is 0 Å². The lowest BCUT2D eigenvalue weighted by molar-refractivity contribution is 0.609. The lowest BCUT2D eigenvalue weighted by Crippen LogP contribution is -1.94. The Bertz CT molecular complexity index is 395. The Labute approximate surface area is 89.3 Å². The molecule has 78 valence electrons. The first-order chi connectivity index (χ1) is 6.45. The molecule has 1 rings (SSSR count). The van der Waals surface area contributed by atoms with E-state index in [-0.39, 0.29) is 4.90 Å². The van der Waals surface area contributed by atoms with E-state index in [0.29, 0.717) is 5.92 Å². The van der Waals surface area contributed by atoms with Gasteiger partial charge in [0.05, 0.1) is 4.90 Å². The molecule has 0 saturated carbocycles. The Kier molecular flexibility index (Phi) is 3.56. The molecule has 0 saturated heterocycles. The Balaban J connectivity index is 3.01. The molecule has 0 N–H and O–H groups in total. The molecule has 1 atom stereocenters. The first-order valence-corrected chi connectivity index (χ1v) is 6.80. The number of hydrogen-bond donors (Lipinski definition) is 0. The fraction of sp³-hybridized carbons (Fsp3) is 0.400. The van der Waals surface area contributed by atoms with Crippen LogP contribution in [0.3, 0.4) is 0 Å². The van der Waals surface area contributed by atoms with Gasteiger partial charge in [-0.3, -0.25) is 0 Å². The van der Waals surface area contributed by atoms with Gasteiger partial charge in [0.2, 0.25) is 0 Å². The van der Waals surface area contributed by atoms with Crippen LogP contribution in [0.4, 0.5) is 0 Å². The maximum Gasteiger partial charge on any atom is 0.261 e. The summed E-state index contributed by atoms with van der Waals surface area (Å²) in [5, 5.41) is 0. The molecule has 1 aromatic carbocycles. The Hall–Kier alpha value is -0.540. The van der Waals surface area contributed by atoms with Crippen molar-refractivity contribution in [3.05, 3.63) is 29.8 Å². The van der Waals surface area contributed by atoms with Crippen molar-refractivity contribution in [2.45, 2.75) is 31.1 Å². The minimum absolute atomic E-state index is 0.159. The van der Waals surface area contributed by atoms with Gasteiger partial charge in [-0.15, -0.1) is 0 Å². The topological polar surface area (TPSA) is 34.1 Å². The summed E-state index contributed by atoms with van der Waals surface area (Å²) < 4.78 is 21.9. The molecular formula is C10H13ClO2S. The van der Waals surface area contributed by atoms with Gasteiger partial charge in [0.25, 0.3) is 9.05 Å². The van der Waals surface area contributed by atoms with Gasteiger partial charge in [-0.25, -0.2) is 8.42 Å².